The van der Waals surface area contributed by atoms with Gasteiger partial charge in [0.2, 0.25) is 5.91 Å². The number of benzene rings is 1. The summed E-state index contributed by atoms with van der Waals surface area (Å²) in [5, 5.41) is 12.0. The van der Waals surface area contributed by atoms with Gasteiger partial charge in [0, 0.05) is 12.5 Å². The minimum absolute atomic E-state index is 0.0394. The molecule has 2 rings (SSSR count). The molecule has 0 radical (unpaired) electrons. The van der Waals surface area contributed by atoms with Crippen molar-refractivity contribution >= 4 is 5.91 Å². The second kappa shape index (κ2) is 4.21. The zero-order valence-electron chi connectivity index (χ0n) is 10.1. The van der Waals surface area contributed by atoms with Crippen molar-refractivity contribution in [2.45, 2.75) is 19.8 Å². The van der Waals surface area contributed by atoms with Gasteiger partial charge >= 0.3 is 0 Å². The van der Waals surface area contributed by atoms with Gasteiger partial charge in [-0.3, -0.25) is 4.79 Å². The number of nitrogens with zero attached hydrogens (tertiary/aromatic N) is 1. The lowest BCUT2D eigenvalue weighted by Gasteiger charge is -2.41. The fraction of sp³-hybridized carbons (Fsp3) is 0.429. The van der Waals surface area contributed by atoms with E-state index in [0.717, 1.165) is 5.56 Å². The highest BCUT2D eigenvalue weighted by atomic mass is 16.2. The van der Waals surface area contributed by atoms with Gasteiger partial charge < -0.3 is 5.32 Å². The first-order valence-corrected chi connectivity index (χ1v) is 5.78. The lowest BCUT2D eigenvalue weighted by molar-refractivity contribution is -0.128. The Bertz CT molecular complexity index is 459. The fourth-order valence-electron chi connectivity index (χ4n) is 2.57. The molecule has 3 heteroatoms. The van der Waals surface area contributed by atoms with Gasteiger partial charge in [0.1, 0.15) is 5.92 Å². The van der Waals surface area contributed by atoms with E-state index in [1.54, 1.807) is 0 Å². The van der Waals surface area contributed by atoms with Gasteiger partial charge in [-0.25, -0.2) is 0 Å². The average molecular weight is 228 g/mol. The van der Waals surface area contributed by atoms with E-state index in [1.165, 1.54) is 0 Å². The molecule has 0 unspecified atom stereocenters. The van der Waals surface area contributed by atoms with E-state index in [9.17, 15) is 10.1 Å². The van der Waals surface area contributed by atoms with Crippen LogP contribution in [0.2, 0.25) is 0 Å². The van der Waals surface area contributed by atoms with Crippen LogP contribution in [-0.4, -0.2) is 12.5 Å². The van der Waals surface area contributed by atoms with Crippen LogP contribution in [0.25, 0.3) is 0 Å². The number of carbonyl (C=O) groups is 1. The molecule has 2 atom stereocenters. The summed E-state index contributed by atoms with van der Waals surface area (Å²) in [6.45, 7) is 4.80. The van der Waals surface area contributed by atoms with E-state index >= 15 is 0 Å². The topological polar surface area (TPSA) is 52.9 Å². The molecule has 1 aliphatic heterocycles. The van der Waals surface area contributed by atoms with Crippen LogP contribution in [-0.2, 0) is 4.79 Å². The average Bonchev–Trinajstić information content (AvgIpc) is 2.33. The molecule has 3 nitrogen and oxygen atoms in total. The molecule has 1 fully saturated rings. The maximum absolute atomic E-state index is 11.8. The largest absolute Gasteiger partial charge is 0.354 e. The Kier molecular flexibility index (Phi) is 2.89. The van der Waals surface area contributed by atoms with Crippen molar-refractivity contribution in [3.63, 3.8) is 0 Å². The number of hydrogen-bond acceptors (Lipinski definition) is 2. The Hall–Kier alpha value is -1.82. The minimum Gasteiger partial charge on any atom is -0.354 e. The lowest BCUT2D eigenvalue weighted by Crippen LogP contribution is -2.50. The Morgan fingerprint density at radius 2 is 2.00 bits per heavy atom. The third-order valence-electron chi connectivity index (χ3n) is 3.47. The van der Waals surface area contributed by atoms with Crippen molar-refractivity contribution in [3.05, 3.63) is 35.9 Å². The van der Waals surface area contributed by atoms with E-state index in [-0.39, 0.29) is 17.2 Å². The summed E-state index contributed by atoms with van der Waals surface area (Å²) in [6.07, 6.45) is 0. The summed E-state index contributed by atoms with van der Waals surface area (Å²) in [6, 6.07) is 12.0. The summed E-state index contributed by atoms with van der Waals surface area (Å²) >= 11 is 0. The van der Waals surface area contributed by atoms with Crippen LogP contribution in [0.15, 0.2) is 30.3 Å². The SMILES string of the molecule is CC1(C)CNC(=O)[C@@H](C#N)[C@@H]1c1ccccc1. The van der Waals surface area contributed by atoms with Crippen molar-refractivity contribution in [2.75, 3.05) is 6.54 Å². The molecule has 1 aromatic carbocycles. The minimum atomic E-state index is -0.596. The quantitative estimate of drug-likeness (QED) is 0.800. The molecule has 88 valence electrons. The van der Waals surface area contributed by atoms with E-state index < -0.39 is 5.92 Å². The second-order valence-electron chi connectivity index (χ2n) is 5.20. The smallest absolute Gasteiger partial charge is 0.238 e. The first-order valence-electron chi connectivity index (χ1n) is 5.78. The van der Waals surface area contributed by atoms with E-state index in [2.05, 4.69) is 25.2 Å². The number of nitriles is 1. The third kappa shape index (κ3) is 2.03. The van der Waals surface area contributed by atoms with Gasteiger partial charge in [-0.2, -0.15) is 5.26 Å². The first kappa shape index (κ1) is 11.7. The van der Waals surface area contributed by atoms with Crippen molar-refractivity contribution in [2.24, 2.45) is 11.3 Å². The number of carbonyl (C=O) groups excluding carboxylic acids is 1. The Labute approximate surface area is 101 Å². The number of amides is 1. The number of rotatable bonds is 1. The lowest BCUT2D eigenvalue weighted by atomic mass is 9.66. The Morgan fingerprint density at radius 3 is 2.59 bits per heavy atom. The van der Waals surface area contributed by atoms with Crippen LogP contribution in [0, 0.1) is 22.7 Å². The highest BCUT2D eigenvalue weighted by molar-refractivity contribution is 5.83. The standard InChI is InChI=1S/C14H16N2O/c1-14(2)9-16-13(17)11(8-15)12(14)10-6-4-3-5-7-10/h3-7,11-12H,9H2,1-2H3,(H,16,17)/t11-,12-/m0/s1. The molecule has 0 spiro atoms. The maximum Gasteiger partial charge on any atom is 0.238 e. The fourth-order valence-corrected chi connectivity index (χ4v) is 2.57. The first-order chi connectivity index (χ1) is 8.06. The van der Waals surface area contributed by atoms with Gasteiger partial charge in [0.15, 0.2) is 0 Å². The Balaban J connectivity index is 2.45. The monoisotopic (exact) mass is 228 g/mol. The molecule has 0 aromatic heterocycles. The van der Waals surface area contributed by atoms with Gasteiger partial charge in [-0.15, -0.1) is 0 Å². The van der Waals surface area contributed by atoms with Crippen LogP contribution >= 0.6 is 0 Å². The molecule has 0 aliphatic carbocycles. The van der Waals surface area contributed by atoms with E-state index in [0.29, 0.717) is 6.54 Å². The highest BCUT2D eigenvalue weighted by Gasteiger charge is 2.44. The molecule has 1 N–H and O–H groups in total. The molecule has 1 amide bonds. The molecular weight excluding hydrogens is 212 g/mol. The summed E-state index contributed by atoms with van der Waals surface area (Å²) in [5.41, 5.74) is 0.967. The van der Waals surface area contributed by atoms with Crippen molar-refractivity contribution in [1.82, 2.24) is 5.32 Å². The zero-order chi connectivity index (χ0) is 12.5. The summed E-state index contributed by atoms with van der Waals surface area (Å²) in [4.78, 5) is 11.8. The molecule has 17 heavy (non-hydrogen) atoms. The maximum atomic E-state index is 11.8. The third-order valence-corrected chi connectivity index (χ3v) is 3.47. The molecular formula is C14H16N2O. The molecule has 1 heterocycles. The Morgan fingerprint density at radius 1 is 1.35 bits per heavy atom. The van der Waals surface area contributed by atoms with Gasteiger partial charge in [0.25, 0.3) is 0 Å². The normalized spacial score (nSPS) is 27.0. The zero-order valence-corrected chi connectivity index (χ0v) is 10.1. The number of piperidine rings is 1. The van der Waals surface area contributed by atoms with Crippen LogP contribution < -0.4 is 5.32 Å². The predicted molar refractivity (Wildman–Crippen MR) is 65.1 cm³/mol. The molecule has 1 saturated heterocycles. The van der Waals surface area contributed by atoms with Crippen LogP contribution in [0.5, 0.6) is 0 Å². The number of nitrogens with one attached hydrogen (secondary N) is 1. The van der Waals surface area contributed by atoms with Crippen LogP contribution in [0.4, 0.5) is 0 Å². The molecule has 0 saturated carbocycles. The van der Waals surface area contributed by atoms with Crippen molar-refractivity contribution in [3.8, 4) is 6.07 Å². The predicted octanol–water partition coefficient (Wildman–Crippen LogP) is 2.07. The number of hydrogen-bond donors (Lipinski definition) is 1. The van der Waals surface area contributed by atoms with Gasteiger partial charge in [-0.1, -0.05) is 44.2 Å². The van der Waals surface area contributed by atoms with Crippen molar-refractivity contribution in [1.29, 1.82) is 5.26 Å². The highest BCUT2D eigenvalue weighted by Crippen LogP contribution is 2.43. The van der Waals surface area contributed by atoms with E-state index in [1.807, 2.05) is 30.3 Å². The molecule has 0 bridgehead atoms. The molecule has 1 aliphatic rings. The van der Waals surface area contributed by atoms with Gasteiger partial charge in [0.05, 0.1) is 6.07 Å². The van der Waals surface area contributed by atoms with Crippen molar-refractivity contribution < 1.29 is 4.79 Å². The summed E-state index contributed by atoms with van der Waals surface area (Å²) < 4.78 is 0. The van der Waals surface area contributed by atoms with Gasteiger partial charge in [-0.05, 0) is 11.0 Å². The molecule has 1 aromatic rings. The second-order valence-corrected chi connectivity index (χ2v) is 5.20. The van der Waals surface area contributed by atoms with Crippen LogP contribution in [0.1, 0.15) is 25.3 Å². The van der Waals surface area contributed by atoms with Crippen LogP contribution in [0.3, 0.4) is 0 Å². The summed E-state index contributed by atoms with van der Waals surface area (Å²) in [5.74, 6) is -0.788. The van der Waals surface area contributed by atoms with E-state index in [4.69, 9.17) is 0 Å². The summed E-state index contributed by atoms with van der Waals surface area (Å²) in [7, 11) is 0.